The van der Waals surface area contributed by atoms with Crippen molar-refractivity contribution in [3.05, 3.63) is 77.9 Å². The maximum atomic E-state index is 14.6. The lowest BCUT2D eigenvalue weighted by molar-refractivity contribution is -0.146. The fourth-order valence-electron chi connectivity index (χ4n) is 7.46. The van der Waals surface area contributed by atoms with Gasteiger partial charge in [0.15, 0.2) is 0 Å². The van der Waals surface area contributed by atoms with E-state index in [-0.39, 0.29) is 30.9 Å². The summed E-state index contributed by atoms with van der Waals surface area (Å²) in [5.74, 6) is -1.97. The maximum absolute atomic E-state index is 14.6. The van der Waals surface area contributed by atoms with Crippen LogP contribution in [0.2, 0.25) is 0 Å². The number of likely N-dealkylation sites (tertiary alicyclic amines) is 1. The van der Waals surface area contributed by atoms with Crippen LogP contribution in [-0.4, -0.2) is 77.8 Å². The molecule has 0 aliphatic carbocycles. The number of nitrogens with zero attached hydrogens (tertiary/aromatic N) is 3. The molecule has 6 rings (SSSR count). The number of aryl methyl sites for hydroxylation is 2. The van der Waals surface area contributed by atoms with Crippen LogP contribution < -0.4 is 14.5 Å². The summed E-state index contributed by atoms with van der Waals surface area (Å²) >= 11 is 0. The zero-order valence-corrected chi connectivity index (χ0v) is 25.2. The van der Waals surface area contributed by atoms with Crippen molar-refractivity contribution >= 4 is 29.1 Å². The summed E-state index contributed by atoms with van der Waals surface area (Å²) in [6.45, 7) is 8.59. The average Bonchev–Trinajstić information content (AvgIpc) is 3.28. The van der Waals surface area contributed by atoms with Crippen molar-refractivity contribution in [3.63, 3.8) is 0 Å². The van der Waals surface area contributed by atoms with Crippen molar-refractivity contribution in [2.24, 2.45) is 11.8 Å². The summed E-state index contributed by atoms with van der Waals surface area (Å²) in [7, 11) is 0. The second kappa shape index (κ2) is 11.0. The Morgan fingerprint density at radius 1 is 0.907 bits per heavy atom. The largest absolute Gasteiger partial charge is 0.494 e. The maximum Gasteiger partial charge on any atom is 0.253 e. The van der Waals surface area contributed by atoms with Crippen LogP contribution in [0.15, 0.2) is 66.8 Å². The van der Waals surface area contributed by atoms with E-state index in [1.54, 1.807) is 9.80 Å². The summed E-state index contributed by atoms with van der Waals surface area (Å²) in [4.78, 5) is 48.4. The van der Waals surface area contributed by atoms with Crippen LogP contribution in [0.4, 0.5) is 11.4 Å². The lowest BCUT2D eigenvalue weighted by Gasteiger charge is -2.38. The molecule has 0 bridgehead atoms. The minimum atomic E-state index is -1.38. The van der Waals surface area contributed by atoms with Gasteiger partial charge in [-0.3, -0.25) is 14.4 Å². The lowest BCUT2D eigenvalue weighted by Crippen LogP contribution is -2.56. The number of aliphatic hydroxyl groups excluding tert-OH is 1. The van der Waals surface area contributed by atoms with Gasteiger partial charge in [0.05, 0.1) is 30.7 Å². The number of rotatable bonds is 7. The first-order chi connectivity index (χ1) is 20.7. The number of ether oxygens (including phenoxy) is 2. The van der Waals surface area contributed by atoms with E-state index in [9.17, 15) is 19.5 Å². The number of benzene rings is 2. The molecule has 3 amide bonds. The van der Waals surface area contributed by atoms with Crippen LogP contribution in [0.3, 0.4) is 0 Å². The van der Waals surface area contributed by atoms with Crippen molar-refractivity contribution < 1.29 is 29.0 Å². The predicted octanol–water partition coefficient (Wildman–Crippen LogP) is 3.56. The first kappa shape index (κ1) is 29.1. The van der Waals surface area contributed by atoms with Crippen molar-refractivity contribution in [3.8, 4) is 5.75 Å². The van der Waals surface area contributed by atoms with Crippen molar-refractivity contribution in [2.45, 2.75) is 51.4 Å². The van der Waals surface area contributed by atoms with Crippen molar-refractivity contribution in [1.29, 1.82) is 0 Å². The Bertz CT molecular complexity index is 1500. The topological polar surface area (TPSA) is 99.6 Å². The zero-order chi connectivity index (χ0) is 30.5. The number of carbonyl (C=O) groups excluding carboxylic acids is 3. The number of hydrogen-bond acceptors (Lipinski definition) is 6. The van der Waals surface area contributed by atoms with Crippen LogP contribution in [0.25, 0.3) is 0 Å². The van der Waals surface area contributed by atoms with Gasteiger partial charge in [0, 0.05) is 31.0 Å². The molecule has 0 saturated carbocycles. The standard InChI is InChI=1S/C34H39N3O6/c1-5-33-15-7-17-35(24-11-13-25(14-12-24)42-6-2)30(39)27(33)28-31(40)37(19-20-38)29-32(41)36(18-8-16-34(28,29)43-33)26-21-22(3)9-10-23(26)4/h7-16,21,27-29,38H,5-6,17-20H2,1-4H3/t27-,28-,29?,33+,34-/m0/s1. The molecule has 2 aromatic rings. The molecule has 4 heterocycles. The van der Waals surface area contributed by atoms with E-state index in [1.807, 2.05) is 94.5 Å². The summed E-state index contributed by atoms with van der Waals surface area (Å²) in [6.07, 6.45) is 8.01. The summed E-state index contributed by atoms with van der Waals surface area (Å²) < 4.78 is 12.6. The number of anilines is 2. The van der Waals surface area contributed by atoms with E-state index in [1.165, 1.54) is 4.90 Å². The number of hydrogen-bond donors (Lipinski definition) is 1. The van der Waals surface area contributed by atoms with Crippen LogP contribution in [0, 0.1) is 25.7 Å². The number of aliphatic hydroxyl groups is 1. The normalized spacial score (nSPS) is 29.8. The van der Waals surface area contributed by atoms with Crippen LogP contribution in [0.1, 0.15) is 31.4 Å². The Morgan fingerprint density at radius 2 is 1.63 bits per heavy atom. The van der Waals surface area contributed by atoms with Gasteiger partial charge in [-0.25, -0.2) is 0 Å². The molecule has 0 radical (unpaired) electrons. The highest BCUT2D eigenvalue weighted by molar-refractivity contribution is 6.08. The molecular weight excluding hydrogens is 546 g/mol. The Balaban J connectivity index is 1.46. The molecule has 2 fully saturated rings. The average molecular weight is 586 g/mol. The van der Waals surface area contributed by atoms with Gasteiger partial charge < -0.3 is 29.3 Å². The van der Waals surface area contributed by atoms with Gasteiger partial charge in [-0.1, -0.05) is 43.4 Å². The van der Waals surface area contributed by atoms with Gasteiger partial charge in [-0.2, -0.15) is 0 Å². The second-order valence-electron chi connectivity index (χ2n) is 11.8. The quantitative estimate of drug-likeness (QED) is 0.499. The van der Waals surface area contributed by atoms with E-state index in [4.69, 9.17) is 9.47 Å². The highest BCUT2D eigenvalue weighted by Crippen LogP contribution is 2.58. The third kappa shape index (κ3) is 4.40. The minimum Gasteiger partial charge on any atom is -0.494 e. The van der Waals surface area contributed by atoms with E-state index < -0.39 is 29.1 Å². The molecule has 0 aromatic heterocycles. The monoisotopic (exact) mass is 585 g/mol. The first-order valence-corrected chi connectivity index (χ1v) is 15.1. The lowest BCUT2D eigenvalue weighted by atomic mass is 9.73. The Morgan fingerprint density at radius 3 is 2.33 bits per heavy atom. The minimum absolute atomic E-state index is 0.0379. The van der Waals surface area contributed by atoms with Crippen molar-refractivity contribution in [2.75, 3.05) is 42.6 Å². The smallest absolute Gasteiger partial charge is 0.253 e. The van der Waals surface area contributed by atoms with Crippen LogP contribution in [-0.2, 0) is 19.1 Å². The fraction of sp³-hybridized carbons (Fsp3) is 0.441. The third-order valence-electron chi connectivity index (χ3n) is 9.40. The Kier molecular flexibility index (Phi) is 7.42. The van der Waals surface area contributed by atoms with E-state index in [0.29, 0.717) is 37.6 Å². The van der Waals surface area contributed by atoms with Gasteiger partial charge in [-0.05, 0) is 68.7 Å². The number of carbonyl (C=O) groups is 3. The van der Waals surface area contributed by atoms with Gasteiger partial charge in [0.1, 0.15) is 17.4 Å². The zero-order valence-electron chi connectivity index (χ0n) is 25.2. The number of β-amino-alcohol motifs (C(OH)–C–C–N with tert-alkyl or cyclic N) is 1. The molecule has 4 aliphatic heterocycles. The molecule has 1 spiro atoms. The van der Waals surface area contributed by atoms with Crippen LogP contribution in [0.5, 0.6) is 5.75 Å². The van der Waals surface area contributed by atoms with Gasteiger partial charge in [0.25, 0.3) is 5.91 Å². The Hall–Kier alpha value is -3.95. The molecular formula is C34H39N3O6. The molecule has 2 aromatic carbocycles. The van der Waals surface area contributed by atoms with E-state index in [0.717, 1.165) is 16.8 Å². The second-order valence-corrected chi connectivity index (χ2v) is 11.8. The molecule has 9 nitrogen and oxygen atoms in total. The SMILES string of the molecule is CCOc1ccc(N2CC=C[C@@]3(CC)O[C@]45C=CCN(c6cc(C)ccc6C)C(=O)C4N(CCO)C(=O)[C@@H]5[C@H]3C2=O)cc1. The fourth-order valence-corrected chi connectivity index (χ4v) is 7.46. The molecule has 1 N–H and O–H groups in total. The van der Waals surface area contributed by atoms with Crippen molar-refractivity contribution in [1.82, 2.24) is 4.90 Å². The Labute approximate surface area is 252 Å². The van der Waals surface area contributed by atoms with E-state index in [2.05, 4.69) is 0 Å². The van der Waals surface area contributed by atoms with Gasteiger partial charge in [0.2, 0.25) is 11.8 Å². The molecule has 4 aliphatic rings. The predicted molar refractivity (Wildman–Crippen MR) is 163 cm³/mol. The van der Waals surface area contributed by atoms with Gasteiger partial charge >= 0.3 is 0 Å². The van der Waals surface area contributed by atoms with Gasteiger partial charge in [-0.15, -0.1) is 0 Å². The highest BCUT2D eigenvalue weighted by Gasteiger charge is 2.75. The summed E-state index contributed by atoms with van der Waals surface area (Å²) in [5.41, 5.74) is 0.941. The number of amides is 3. The van der Waals surface area contributed by atoms with E-state index >= 15 is 0 Å². The third-order valence-corrected chi connectivity index (χ3v) is 9.40. The molecule has 9 heteroatoms. The highest BCUT2D eigenvalue weighted by atomic mass is 16.5. The summed E-state index contributed by atoms with van der Waals surface area (Å²) in [6, 6.07) is 12.3. The molecule has 226 valence electrons. The first-order valence-electron chi connectivity index (χ1n) is 15.1. The van der Waals surface area contributed by atoms with Crippen LogP contribution >= 0.6 is 0 Å². The molecule has 5 atom stereocenters. The molecule has 2 saturated heterocycles. The molecule has 43 heavy (non-hydrogen) atoms. The molecule has 1 unspecified atom stereocenters. The summed E-state index contributed by atoms with van der Waals surface area (Å²) in [5, 5.41) is 10.0. The number of fused-ring (bicyclic) bond motifs is 2.